The third-order valence-electron chi connectivity index (χ3n) is 5.00. The molecule has 0 heterocycles. The maximum Gasteiger partial charge on any atom is 0.251 e. The van der Waals surface area contributed by atoms with Crippen LogP contribution in [0.3, 0.4) is 0 Å². The van der Waals surface area contributed by atoms with Crippen molar-refractivity contribution in [1.29, 1.82) is 0 Å². The van der Waals surface area contributed by atoms with E-state index < -0.39 is 5.54 Å². The molecule has 0 saturated heterocycles. The summed E-state index contributed by atoms with van der Waals surface area (Å²) in [4.78, 5) is 24.5. The van der Waals surface area contributed by atoms with E-state index in [1.807, 2.05) is 18.2 Å². The minimum atomic E-state index is -0.879. The summed E-state index contributed by atoms with van der Waals surface area (Å²) in [6, 6.07) is 9.03. The molecule has 0 spiro atoms. The van der Waals surface area contributed by atoms with Crippen LogP contribution in [0.15, 0.2) is 48.5 Å². The molecule has 0 aromatic heterocycles. The van der Waals surface area contributed by atoms with Crippen LogP contribution in [0.25, 0.3) is 0 Å². The van der Waals surface area contributed by atoms with Crippen LogP contribution in [-0.4, -0.2) is 31.3 Å². The molecule has 2 rings (SSSR count). The summed E-state index contributed by atoms with van der Waals surface area (Å²) in [5.74, 6) is 0.843. The average Bonchev–Trinajstić information content (AvgIpc) is 2.71. The van der Waals surface area contributed by atoms with Crippen LogP contribution in [0.1, 0.15) is 48.9 Å². The molecule has 1 fully saturated rings. The fourth-order valence-corrected chi connectivity index (χ4v) is 3.57. The predicted octanol–water partition coefficient (Wildman–Crippen LogP) is 2.76. The van der Waals surface area contributed by atoms with Gasteiger partial charge in [-0.15, -0.1) is 0 Å². The van der Waals surface area contributed by atoms with Crippen LogP contribution in [0.5, 0.6) is 0 Å². The smallest absolute Gasteiger partial charge is 0.251 e. The Balaban J connectivity index is 2.13. The van der Waals surface area contributed by atoms with Crippen molar-refractivity contribution in [3.63, 3.8) is 0 Å². The summed E-state index contributed by atoms with van der Waals surface area (Å²) in [5.41, 5.74) is 2.47. The van der Waals surface area contributed by atoms with Crippen molar-refractivity contribution < 1.29 is 9.59 Å². The Bertz CT molecular complexity index is 646. The standard InChI is InChI=1S/C21H29N3O2/c1-3-19(22-2)24-21(16-25,14-17-10-6-4-7-11-17)15-23-20(26)18-12-8-5-9-13-18/h5,8-9,12-13,16-17,22,24H,1,4,6-7,10-11,14-15H2,2H3,(H,23,26). The lowest BCUT2D eigenvalue weighted by atomic mass is 9.79. The third kappa shape index (κ3) is 5.50. The Morgan fingerprint density at radius 1 is 1.27 bits per heavy atom. The predicted molar refractivity (Wildman–Crippen MR) is 104 cm³/mol. The van der Waals surface area contributed by atoms with Crippen LogP contribution in [-0.2, 0) is 4.79 Å². The van der Waals surface area contributed by atoms with Crippen molar-refractivity contribution in [3.8, 4) is 0 Å². The van der Waals surface area contributed by atoms with Gasteiger partial charge in [-0.1, -0.05) is 62.6 Å². The molecule has 1 aliphatic rings. The number of benzene rings is 1. The number of carbonyl (C=O) groups is 2. The molecule has 0 radical (unpaired) electrons. The fraction of sp³-hybridized carbons (Fsp3) is 0.476. The molecule has 3 N–H and O–H groups in total. The second kappa shape index (κ2) is 9.83. The highest BCUT2D eigenvalue weighted by atomic mass is 16.1. The Hall–Kier alpha value is -2.52. The average molecular weight is 355 g/mol. The van der Waals surface area contributed by atoms with E-state index in [1.165, 1.54) is 19.3 Å². The molecule has 140 valence electrons. The maximum atomic E-state index is 12.4. The van der Waals surface area contributed by atoms with E-state index in [0.29, 0.717) is 23.7 Å². The molecule has 1 aromatic rings. The number of amides is 1. The zero-order valence-electron chi connectivity index (χ0n) is 15.5. The number of carbonyl (C=O) groups excluding carboxylic acids is 2. The molecule has 1 aliphatic carbocycles. The van der Waals surface area contributed by atoms with Gasteiger partial charge < -0.3 is 20.7 Å². The van der Waals surface area contributed by atoms with E-state index >= 15 is 0 Å². The topological polar surface area (TPSA) is 70.2 Å². The van der Waals surface area contributed by atoms with Crippen LogP contribution in [0.4, 0.5) is 0 Å². The molecule has 1 unspecified atom stereocenters. The van der Waals surface area contributed by atoms with E-state index in [0.717, 1.165) is 19.1 Å². The molecule has 1 aromatic carbocycles. The van der Waals surface area contributed by atoms with Crippen molar-refractivity contribution in [2.75, 3.05) is 13.6 Å². The molecule has 1 saturated carbocycles. The Kier molecular flexibility index (Phi) is 7.49. The number of rotatable bonds is 9. The summed E-state index contributed by atoms with van der Waals surface area (Å²) < 4.78 is 0. The van der Waals surface area contributed by atoms with Crippen molar-refractivity contribution in [2.45, 2.75) is 44.1 Å². The molecule has 5 nitrogen and oxygen atoms in total. The molecule has 1 amide bonds. The molecule has 26 heavy (non-hydrogen) atoms. The fourth-order valence-electron chi connectivity index (χ4n) is 3.57. The lowest BCUT2D eigenvalue weighted by Crippen LogP contribution is -2.56. The summed E-state index contributed by atoms with van der Waals surface area (Å²) in [7, 11) is 1.75. The van der Waals surface area contributed by atoms with Gasteiger partial charge in [0.2, 0.25) is 0 Å². The minimum Gasteiger partial charge on any atom is -0.368 e. The SMILES string of the molecule is C=C=C(NC)NC(C=O)(CNC(=O)c1ccccc1)CC1CCCCC1. The minimum absolute atomic E-state index is 0.184. The summed E-state index contributed by atoms with van der Waals surface area (Å²) >= 11 is 0. The summed E-state index contributed by atoms with van der Waals surface area (Å²) in [5, 5.41) is 9.09. The van der Waals surface area contributed by atoms with Crippen molar-refractivity contribution >= 4 is 12.2 Å². The van der Waals surface area contributed by atoms with Gasteiger partial charge >= 0.3 is 0 Å². The lowest BCUT2D eigenvalue weighted by Gasteiger charge is -2.35. The number of hydrogen-bond acceptors (Lipinski definition) is 4. The maximum absolute atomic E-state index is 12.4. The molecule has 5 heteroatoms. The summed E-state index contributed by atoms with van der Waals surface area (Å²) in [6.45, 7) is 3.87. The first-order valence-electron chi connectivity index (χ1n) is 9.28. The zero-order valence-corrected chi connectivity index (χ0v) is 15.5. The first-order valence-corrected chi connectivity index (χ1v) is 9.28. The van der Waals surface area contributed by atoms with Crippen molar-refractivity contribution in [2.24, 2.45) is 5.92 Å². The van der Waals surface area contributed by atoms with Gasteiger partial charge in [0.15, 0.2) is 0 Å². The van der Waals surface area contributed by atoms with Gasteiger partial charge in [0.25, 0.3) is 5.91 Å². The molecule has 0 aliphatic heterocycles. The molecular formula is C21H29N3O2. The van der Waals surface area contributed by atoms with Crippen LogP contribution in [0.2, 0.25) is 0 Å². The Morgan fingerprint density at radius 2 is 1.96 bits per heavy atom. The third-order valence-corrected chi connectivity index (χ3v) is 5.00. The first-order chi connectivity index (χ1) is 12.6. The van der Waals surface area contributed by atoms with Crippen LogP contribution in [0, 0.1) is 5.92 Å². The van der Waals surface area contributed by atoms with E-state index in [9.17, 15) is 9.59 Å². The quantitative estimate of drug-likeness (QED) is 0.471. The van der Waals surface area contributed by atoms with E-state index in [-0.39, 0.29) is 12.5 Å². The molecular weight excluding hydrogens is 326 g/mol. The monoisotopic (exact) mass is 355 g/mol. The van der Waals surface area contributed by atoms with E-state index in [4.69, 9.17) is 0 Å². The van der Waals surface area contributed by atoms with E-state index in [1.54, 1.807) is 19.2 Å². The lowest BCUT2D eigenvalue weighted by molar-refractivity contribution is -0.113. The first kappa shape index (κ1) is 19.8. The highest BCUT2D eigenvalue weighted by Gasteiger charge is 2.34. The second-order valence-electron chi connectivity index (χ2n) is 6.96. The van der Waals surface area contributed by atoms with Crippen LogP contribution < -0.4 is 16.0 Å². The van der Waals surface area contributed by atoms with Crippen molar-refractivity contribution in [3.05, 3.63) is 54.0 Å². The molecule has 1 atom stereocenters. The number of nitrogens with one attached hydrogen (secondary N) is 3. The van der Waals surface area contributed by atoms with Gasteiger partial charge in [-0.3, -0.25) is 4.79 Å². The van der Waals surface area contributed by atoms with Crippen LogP contribution >= 0.6 is 0 Å². The van der Waals surface area contributed by atoms with Gasteiger partial charge in [0, 0.05) is 19.2 Å². The van der Waals surface area contributed by atoms with Gasteiger partial charge in [-0.25, -0.2) is 0 Å². The van der Waals surface area contributed by atoms with Crippen molar-refractivity contribution in [1.82, 2.24) is 16.0 Å². The van der Waals surface area contributed by atoms with Gasteiger partial charge in [0.05, 0.1) is 0 Å². The normalized spacial score (nSPS) is 16.7. The highest BCUT2D eigenvalue weighted by molar-refractivity contribution is 5.94. The zero-order chi connectivity index (χ0) is 18.8. The second-order valence-corrected chi connectivity index (χ2v) is 6.96. The van der Waals surface area contributed by atoms with E-state index in [2.05, 4.69) is 28.3 Å². The summed E-state index contributed by atoms with van der Waals surface area (Å²) in [6.07, 6.45) is 7.50. The number of aldehydes is 1. The Morgan fingerprint density at radius 3 is 2.54 bits per heavy atom. The Labute approximate surface area is 155 Å². The van der Waals surface area contributed by atoms with Gasteiger partial charge in [0.1, 0.15) is 17.6 Å². The van der Waals surface area contributed by atoms with Gasteiger partial charge in [-0.2, -0.15) is 0 Å². The largest absolute Gasteiger partial charge is 0.368 e. The molecule has 0 bridgehead atoms. The van der Waals surface area contributed by atoms with Gasteiger partial charge in [-0.05, 0) is 24.5 Å². The highest BCUT2D eigenvalue weighted by Crippen LogP contribution is 2.30. The number of hydrogen-bond donors (Lipinski definition) is 3.